The second-order valence-electron chi connectivity index (χ2n) is 5.23. The van der Waals surface area contributed by atoms with Crippen molar-refractivity contribution in [2.45, 2.75) is 24.9 Å². The second kappa shape index (κ2) is 6.67. The lowest BCUT2D eigenvalue weighted by atomic mass is 10.0. The van der Waals surface area contributed by atoms with Crippen LogP contribution >= 0.6 is 9.47 Å². The van der Waals surface area contributed by atoms with Crippen LogP contribution < -0.4 is 5.48 Å². The Kier molecular flexibility index (Phi) is 5.15. The molecule has 2 aliphatic rings. The summed E-state index contributed by atoms with van der Waals surface area (Å²) >= 11 is 0. The molecule has 9 heteroatoms. The van der Waals surface area contributed by atoms with Crippen LogP contribution in [0.15, 0.2) is 0 Å². The molecule has 0 aromatic rings. The summed E-state index contributed by atoms with van der Waals surface area (Å²) in [6.45, 7) is 1.64. The number of likely N-dealkylation sites (N-methyl/N-ethyl adjacent to an activating group) is 1. The zero-order chi connectivity index (χ0) is 14.7. The normalized spacial score (nSPS) is 25.5. The van der Waals surface area contributed by atoms with Crippen molar-refractivity contribution in [2.75, 3.05) is 33.8 Å². The highest BCUT2D eigenvalue weighted by molar-refractivity contribution is 7.09. The van der Waals surface area contributed by atoms with Crippen LogP contribution in [0.1, 0.15) is 12.8 Å². The Balaban J connectivity index is 1.84. The third kappa shape index (κ3) is 3.20. The fraction of sp³-hybridized carbons (Fsp3) is 0.818. The summed E-state index contributed by atoms with van der Waals surface area (Å²) in [6.07, 6.45) is 1.36. The summed E-state index contributed by atoms with van der Waals surface area (Å²) < 4.78 is 4.98. The van der Waals surface area contributed by atoms with Gasteiger partial charge in [-0.05, 0) is 26.9 Å². The van der Waals surface area contributed by atoms with E-state index in [2.05, 4.69) is 14.9 Å². The van der Waals surface area contributed by atoms with E-state index in [0.29, 0.717) is 26.1 Å². The van der Waals surface area contributed by atoms with E-state index < -0.39 is 6.04 Å². The summed E-state index contributed by atoms with van der Waals surface area (Å²) in [7, 11) is 5.92. The van der Waals surface area contributed by atoms with Crippen molar-refractivity contribution in [1.82, 2.24) is 20.3 Å². The van der Waals surface area contributed by atoms with Crippen LogP contribution in [0.2, 0.25) is 0 Å². The van der Waals surface area contributed by atoms with E-state index in [1.54, 1.807) is 0 Å². The average molecular weight is 304 g/mol. The molecule has 114 valence electrons. The third-order valence-corrected chi connectivity index (χ3v) is 3.78. The number of rotatable bonds is 6. The van der Waals surface area contributed by atoms with E-state index >= 15 is 0 Å². The highest BCUT2D eigenvalue weighted by Gasteiger charge is 2.47. The van der Waals surface area contributed by atoms with Gasteiger partial charge in [-0.2, -0.15) is 5.06 Å². The van der Waals surface area contributed by atoms with Gasteiger partial charge in [0, 0.05) is 22.6 Å². The van der Waals surface area contributed by atoms with Crippen molar-refractivity contribution in [3.05, 3.63) is 0 Å². The molecule has 0 aromatic heterocycles. The number of carbonyl (C=O) groups excluding carboxylic acids is 2. The molecule has 2 rings (SSSR count). The molecule has 0 radical (unpaired) electrons. The van der Waals surface area contributed by atoms with Gasteiger partial charge in [0.05, 0.1) is 12.6 Å². The molecule has 2 saturated heterocycles. The first-order chi connectivity index (χ1) is 9.54. The monoisotopic (exact) mass is 304 g/mol. The first kappa shape index (κ1) is 15.4. The predicted octanol–water partition coefficient (Wildman–Crippen LogP) is -0.414. The van der Waals surface area contributed by atoms with Gasteiger partial charge in [0.2, 0.25) is 0 Å². The van der Waals surface area contributed by atoms with Gasteiger partial charge in [-0.3, -0.25) is 14.3 Å². The van der Waals surface area contributed by atoms with E-state index in [1.807, 2.05) is 19.0 Å². The maximum absolute atomic E-state index is 12.1. The van der Waals surface area contributed by atoms with Crippen molar-refractivity contribution < 1.29 is 19.1 Å². The topological polar surface area (TPSA) is 74.4 Å². The lowest BCUT2D eigenvalue weighted by molar-refractivity contribution is -0.139. The highest BCUT2D eigenvalue weighted by atomic mass is 31.0. The zero-order valence-electron chi connectivity index (χ0n) is 11.7. The molecule has 20 heavy (non-hydrogen) atoms. The number of hydrogen-bond acceptors (Lipinski definition) is 5. The van der Waals surface area contributed by atoms with Crippen molar-refractivity contribution >= 4 is 21.4 Å². The van der Waals surface area contributed by atoms with E-state index in [1.165, 1.54) is 9.96 Å². The van der Waals surface area contributed by atoms with Crippen LogP contribution in [0.3, 0.4) is 0 Å². The van der Waals surface area contributed by atoms with Gasteiger partial charge in [0.25, 0.3) is 5.91 Å². The van der Waals surface area contributed by atoms with E-state index in [4.69, 9.17) is 9.46 Å². The molecule has 1 unspecified atom stereocenters. The summed E-state index contributed by atoms with van der Waals surface area (Å²) in [5, 5.41) is 1.31. The van der Waals surface area contributed by atoms with Crippen molar-refractivity contribution in [3.8, 4) is 0 Å². The number of hydrogen-bond donors (Lipinski definition) is 1. The summed E-state index contributed by atoms with van der Waals surface area (Å²) in [5.41, 5.74) is 2.42. The summed E-state index contributed by atoms with van der Waals surface area (Å²) in [5.74, 6) is -0.277. The smallest absolute Gasteiger partial charge is 0.309 e. The number of hydroxylamine groups is 3. The first-order valence-electron chi connectivity index (χ1n) is 6.57. The standard InChI is InChI=1S/C11H21N4O4P/c1-13(2)5-6-18-12-10(16)9-4-3-8-7-14(9)11(17)15(8)19-20/h8-9H,3-7,20H2,1-2H3,(H,12,16)/t8-,9-/m0/s1. The number of amides is 3. The van der Waals surface area contributed by atoms with Gasteiger partial charge >= 0.3 is 6.03 Å². The fourth-order valence-electron chi connectivity index (χ4n) is 2.46. The van der Waals surface area contributed by atoms with Crippen LogP contribution in [-0.4, -0.2) is 72.7 Å². The number of fused-ring (bicyclic) bond motifs is 2. The van der Waals surface area contributed by atoms with E-state index in [9.17, 15) is 9.59 Å². The average Bonchev–Trinajstić information content (AvgIpc) is 2.66. The van der Waals surface area contributed by atoms with Gasteiger partial charge in [-0.25, -0.2) is 10.3 Å². The Bertz CT molecular complexity index is 381. The van der Waals surface area contributed by atoms with Crippen LogP contribution in [0.25, 0.3) is 0 Å². The Labute approximate surface area is 120 Å². The zero-order valence-corrected chi connectivity index (χ0v) is 12.9. The molecular formula is C11H21N4O4P. The number of piperidine rings is 1. The maximum Gasteiger partial charge on any atom is 0.345 e. The van der Waals surface area contributed by atoms with E-state index in [-0.39, 0.29) is 18.0 Å². The van der Waals surface area contributed by atoms with Crippen molar-refractivity contribution in [2.24, 2.45) is 0 Å². The predicted molar refractivity (Wildman–Crippen MR) is 74.2 cm³/mol. The molecule has 3 amide bonds. The number of carbonyl (C=O) groups is 2. The van der Waals surface area contributed by atoms with Crippen molar-refractivity contribution in [1.29, 1.82) is 0 Å². The minimum atomic E-state index is -0.483. The van der Waals surface area contributed by atoms with Crippen molar-refractivity contribution in [3.63, 3.8) is 0 Å². The second-order valence-corrected chi connectivity index (χ2v) is 5.44. The molecule has 1 N–H and O–H groups in total. The minimum absolute atomic E-state index is 0.0266. The molecule has 2 aliphatic heterocycles. The fourth-order valence-corrected chi connectivity index (χ4v) is 2.72. The lowest BCUT2D eigenvalue weighted by Crippen LogP contribution is -2.50. The Morgan fingerprint density at radius 1 is 1.50 bits per heavy atom. The van der Waals surface area contributed by atoms with Gasteiger partial charge in [-0.1, -0.05) is 0 Å². The van der Waals surface area contributed by atoms with E-state index in [0.717, 1.165) is 6.42 Å². The Morgan fingerprint density at radius 3 is 2.90 bits per heavy atom. The number of nitrogens with one attached hydrogen (secondary N) is 1. The molecule has 0 spiro atoms. The lowest BCUT2D eigenvalue weighted by Gasteiger charge is -2.28. The SMILES string of the molecule is CN(C)CCONC(=O)[C@@H]1CC[C@H]2CN1C(=O)N2OP. The number of nitrogens with zero attached hydrogens (tertiary/aromatic N) is 3. The molecule has 3 atom stereocenters. The molecule has 0 saturated carbocycles. The van der Waals surface area contributed by atoms with Gasteiger partial charge < -0.3 is 9.80 Å². The largest absolute Gasteiger partial charge is 0.345 e. The molecular weight excluding hydrogens is 283 g/mol. The first-order valence-corrected chi connectivity index (χ1v) is 7.04. The maximum atomic E-state index is 12.1. The molecule has 0 aromatic carbocycles. The Hall–Kier alpha value is -0.950. The summed E-state index contributed by atoms with van der Waals surface area (Å²) in [4.78, 5) is 32.7. The van der Waals surface area contributed by atoms with Crippen LogP contribution in [0, 0.1) is 0 Å². The van der Waals surface area contributed by atoms with Gasteiger partial charge in [-0.15, -0.1) is 0 Å². The third-order valence-electron chi connectivity index (χ3n) is 3.55. The molecule has 2 fully saturated rings. The Morgan fingerprint density at radius 2 is 2.25 bits per heavy atom. The highest BCUT2D eigenvalue weighted by Crippen LogP contribution is 2.30. The minimum Gasteiger partial charge on any atom is -0.309 e. The molecule has 2 heterocycles. The van der Waals surface area contributed by atoms with Crippen LogP contribution in [0.4, 0.5) is 4.79 Å². The molecule has 8 nitrogen and oxygen atoms in total. The van der Waals surface area contributed by atoms with Gasteiger partial charge in [0.15, 0.2) is 0 Å². The molecule has 2 bridgehead atoms. The van der Waals surface area contributed by atoms with Crippen LogP contribution in [0.5, 0.6) is 0 Å². The van der Waals surface area contributed by atoms with Crippen LogP contribution in [-0.2, 0) is 14.3 Å². The quantitative estimate of drug-likeness (QED) is 0.410. The van der Waals surface area contributed by atoms with Gasteiger partial charge in [0.1, 0.15) is 6.04 Å². The number of urea groups is 1. The summed E-state index contributed by atoms with van der Waals surface area (Å²) in [6, 6.07) is -0.724. The molecule has 0 aliphatic carbocycles.